The van der Waals surface area contributed by atoms with Crippen LogP contribution in [0.4, 0.5) is 0 Å². The maximum absolute atomic E-state index is 3.65. The van der Waals surface area contributed by atoms with Gasteiger partial charge in [-0.15, -0.1) is 11.3 Å². The molecule has 0 aliphatic rings. The number of nitrogens with one attached hydrogen (secondary N) is 1. The van der Waals surface area contributed by atoms with Crippen molar-refractivity contribution in [2.45, 2.75) is 47.1 Å². The molecule has 1 atom stereocenters. The molecule has 20 heavy (non-hydrogen) atoms. The van der Waals surface area contributed by atoms with Gasteiger partial charge < -0.3 is 5.32 Å². The summed E-state index contributed by atoms with van der Waals surface area (Å²) in [6.07, 6.45) is 1.12. The Bertz CT molecular complexity index is 583. The van der Waals surface area contributed by atoms with Crippen LogP contribution in [0.1, 0.15) is 51.9 Å². The highest BCUT2D eigenvalue weighted by Crippen LogP contribution is 2.31. The molecule has 0 saturated heterocycles. The molecule has 0 aliphatic heterocycles. The zero-order valence-electron chi connectivity index (χ0n) is 13.2. The van der Waals surface area contributed by atoms with Gasteiger partial charge in [0.1, 0.15) is 0 Å². The second kappa shape index (κ2) is 6.55. The van der Waals surface area contributed by atoms with Crippen molar-refractivity contribution in [1.29, 1.82) is 0 Å². The van der Waals surface area contributed by atoms with E-state index in [0.717, 1.165) is 13.0 Å². The van der Waals surface area contributed by atoms with Crippen LogP contribution in [0, 0.1) is 20.8 Å². The highest BCUT2D eigenvalue weighted by atomic mass is 32.1. The van der Waals surface area contributed by atoms with Crippen molar-refractivity contribution in [2.24, 2.45) is 0 Å². The molecule has 1 aromatic heterocycles. The van der Waals surface area contributed by atoms with E-state index in [2.05, 4.69) is 64.2 Å². The summed E-state index contributed by atoms with van der Waals surface area (Å²) >= 11 is 1.93. The summed E-state index contributed by atoms with van der Waals surface area (Å²) in [6, 6.07) is 9.53. The van der Waals surface area contributed by atoms with Crippen LogP contribution in [0.5, 0.6) is 0 Å². The second-order valence-electron chi connectivity index (χ2n) is 5.44. The number of rotatable bonds is 5. The molecule has 0 fully saturated rings. The highest BCUT2D eigenvalue weighted by Gasteiger charge is 2.17. The van der Waals surface area contributed by atoms with Gasteiger partial charge in [-0.3, -0.25) is 0 Å². The van der Waals surface area contributed by atoms with Crippen LogP contribution in [0.2, 0.25) is 0 Å². The summed E-state index contributed by atoms with van der Waals surface area (Å²) in [6.45, 7) is 12.0. The zero-order valence-corrected chi connectivity index (χ0v) is 14.0. The van der Waals surface area contributed by atoms with Gasteiger partial charge in [-0.05, 0) is 68.1 Å². The van der Waals surface area contributed by atoms with Crippen LogP contribution in [-0.2, 0) is 6.42 Å². The van der Waals surface area contributed by atoms with Gasteiger partial charge in [0.25, 0.3) is 0 Å². The summed E-state index contributed by atoms with van der Waals surface area (Å²) in [5.41, 5.74) is 5.55. The van der Waals surface area contributed by atoms with Gasteiger partial charge in [-0.1, -0.05) is 26.0 Å². The molecule has 1 N–H and O–H groups in total. The summed E-state index contributed by atoms with van der Waals surface area (Å²) in [5, 5.41) is 3.65. The van der Waals surface area contributed by atoms with E-state index in [1.54, 1.807) is 0 Å². The summed E-state index contributed by atoms with van der Waals surface area (Å²) in [7, 11) is 0. The molecule has 0 spiro atoms. The Hall–Kier alpha value is -1.12. The minimum Gasteiger partial charge on any atom is -0.306 e. The topological polar surface area (TPSA) is 12.0 Å². The van der Waals surface area contributed by atoms with Crippen LogP contribution in [0.3, 0.4) is 0 Å². The van der Waals surface area contributed by atoms with E-state index in [1.165, 1.54) is 32.0 Å². The van der Waals surface area contributed by atoms with Gasteiger partial charge in [-0.2, -0.15) is 0 Å². The fourth-order valence-corrected chi connectivity index (χ4v) is 3.65. The number of hydrogen-bond donors (Lipinski definition) is 1. The molecule has 0 aliphatic carbocycles. The summed E-state index contributed by atoms with van der Waals surface area (Å²) < 4.78 is 0. The van der Waals surface area contributed by atoms with Gasteiger partial charge in [-0.25, -0.2) is 0 Å². The Kier molecular flexibility index (Phi) is 5.00. The predicted octanol–water partition coefficient (Wildman–Crippen LogP) is 4.93. The van der Waals surface area contributed by atoms with Crippen molar-refractivity contribution in [3.63, 3.8) is 0 Å². The van der Waals surface area contributed by atoms with E-state index in [1.807, 2.05) is 11.3 Å². The van der Waals surface area contributed by atoms with Crippen LogP contribution in [-0.4, -0.2) is 6.54 Å². The minimum atomic E-state index is 0.324. The molecule has 0 saturated carbocycles. The third kappa shape index (κ3) is 3.13. The average Bonchev–Trinajstić information content (AvgIpc) is 2.89. The standard InChI is InChI=1S/C18H25NS/c1-6-15-8-9-17(20-15)18(19-7-2)16-11-13(4)12(3)10-14(16)5/h8-11,18-19H,6-7H2,1-5H3. The molecule has 1 nitrogen and oxygen atoms in total. The molecule has 2 rings (SSSR count). The Balaban J connectivity index is 2.45. The number of hydrogen-bond acceptors (Lipinski definition) is 2. The lowest BCUT2D eigenvalue weighted by Crippen LogP contribution is -2.22. The fraction of sp³-hybridized carbons (Fsp3) is 0.444. The van der Waals surface area contributed by atoms with E-state index in [0.29, 0.717) is 6.04 Å². The third-order valence-corrected chi connectivity index (χ3v) is 5.21. The number of thiophene rings is 1. The quantitative estimate of drug-likeness (QED) is 0.821. The molecule has 2 aromatic rings. The largest absolute Gasteiger partial charge is 0.306 e. The lowest BCUT2D eigenvalue weighted by atomic mass is 9.95. The van der Waals surface area contributed by atoms with Gasteiger partial charge in [0.05, 0.1) is 6.04 Å². The van der Waals surface area contributed by atoms with Gasteiger partial charge in [0, 0.05) is 9.75 Å². The maximum Gasteiger partial charge on any atom is 0.0673 e. The zero-order chi connectivity index (χ0) is 14.7. The van der Waals surface area contributed by atoms with Crippen LogP contribution < -0.4 is 5.32 Å². The third-order valence-electron chi connectivity index (χ3n) is 3.92. The summed E-state index contributed by atoms with van der Waals surface area (Å²) in [5.74, 6) is 0. The lowest BCUT2D eigenvalue weighted by Gasteiger charge is -2.20. The first kappa shape index (κ1) is 15.3. The molecule has 1 unspecified atom stereocenters. The normalized spacial score (nSPS) is 12.7. The number of benzene rings is 1. The van der Waals surface area contributed by atoms with E-state index in [-0.39, 0.29) is 0 Å². The van der Waals surface area contributed by atoms with E-state index in [9.17, 15) is 0 Å². The smallest absolute Gasteiger partial charge is 0.0673 e. The van der Waals surface area contributed by atoms with Crippen LogP contribution in [0.25, 0.3) is 0 Å². The van der Waals surface area contributed by atoms with Gasteiger partial charge in [0.2, 0.25) is 0 Å². The SMILES string of the molecule is CCNC(c1ccc(CC)s1)c1cc(C)c(C)cc1C. The van der Waals surface area contributed by atoms with Crippen LogP contribution in [0.15, 0.2) is 24.3 Å². The molecule has 1 heterocycles. The fourth-order valence-electron chi connectivity index (χ4n) is 2.60. The van der Waals surface area contributed by atoms with E-state index < -0.39 is 0 Å². The lowest BCUT2D eigenvalue weighted by molar-refractivity contribution is 0.636. The predicted molar refractivity (Wildman–Crippen MR) is 89.9 cm³/mol. The van der Waals surface area contributed by atoms with Crippen molar-refractivity contribution < 1.29 is 0 Å². The Morgan fingerprint density at radius 1 is 1.00 bits per heavy atom. The molecule has 0 amide bonds. The van der Waals surface area contributed by atoms with Crippen molar-refractivity contribution in [1.82, 2.24) is 5.32 Å². The van der Waals surface area contributed by atoms with Crippen LogP contribution >= 0.6 is 11.3 Å². The first-order valence-corrected chi connectivity index (χ1v) is 8.28. The monoisotopic (exact) mass is 287 g/mol. The first-order valence-electron chi connectivity index (χ1n) is 7.46. The van der Waals surface area contributed by atoms with Crippen molar-refractivity contribution in [3.05, 3.63) is 56.3 Å². The average molecular weight is 287 g/mol. The van der Waals surface area contributed by atoms with Crippen molar-refractivity contribution in [2.75, 3.05) is 6.54 Å². The van der Waals surface area contributed by atoms with E-state index in [4.69, 9.17) is 0 Å². The maximum atomic E-state index is 3.65. The molecular formula is C18H25NS. The molecule has 108 valence electrons. The minimum absolute atomic E-state index is 0.324. The first-order chi connectivity index (χ1) is 9.56. The molecule has 0 radical (unpaired) electrons. The van der Waals surface area contributed by atoms with Gasteiger partial charge in [0.15, 0.2) is 0 Å². The van der Waals surface area contributed by atoms with Crippen molar-refractivity contribution in [3.8, 4) is 0 Å². The Labute approximate surface area is 127 Å². The summed E-state index contributed by atoms with van der Waals surface area (Å²) in [4.78, 5) is 2.89. The number of aryl methyl sites for hydroxylation is 4. The molecule has 2 heteroatoms. The Morgan fingerprint density at radius 2 is 1.70 bits per heavy atom. The van der Waals surface area contributed by atoms with Gasteiger partial charge >= 0.3 is 0 Å². The molecular weight excluding hydrogens is 262 g/mol. The molecule has 1 aromatic carbocycles. The second-order valence-corrected chi connectivity index (χ2v) is 6.64. The Morgan fingerprint density at radius 3 is 2.30 bits per heavy atom. The van der Waals surface area contributed by atoms with E-state index >= 15 is 0 Å². The van der Waals surface area contributed by atoms with Crippen molar-refractivity contribution >= 4 is 11.3 Å². The highest BCUT2D eigenvalue weighted by molar-refractivity contribution is 7.12. The molecule has 0 bridgehead atoms.